The van der Waals surface area contributed by atoms with E-state index >= 15 is 0 Å². The van der Waals surface area contributed by atoms with Gasteiger partial charge in [0.25, 0.3) is 5.91 Å². The highest BCUT2D eigenvalue weighted by Gasteiger charge is 2.38. The van der Waals surface area contributed by atoms with Crippen molar-refractivity contribution in [3.63, 3.8) is 0 Å². The highest BCUT2D eigenvalue weighted by Crippen LogP contribution is 2.23. The van der Waals surface area contributed by atoms with Gasteiger partial charge in [-0.3, -0.25) is 9.59 Å². The molecule has 0 radical (unpaired) electrons. The number of rotatable bonds is 3. The van der Waals surface area contributed by atoms with Gasteiger partial charge in [0.1, 0.15) is 5.92 Å². The van der Waals surface area contributed by atoms with E-state index in [0.717, 1.165) is 0 Å². The molecule has 0 aromatic heterocycles. The zero-order valence-electron chi connectivity index (χ0n) is 10.9. The zero-order valence-corrected chi connectivity index (χ0v) is 11.6. The van der Waals surface area contributed by atoms with Gasteiger partial charge in [-0.15, -0.1) is 0 Å². The van der Waals surface area contributed by atoms with Crippen molar-refractivity contribution >= 4 is 29.2 Å². The summed E-state index contributed by atoms with van der Waals surface area (Å²) >= 11 is 5.81. The number of carboxylic acid groups (broad SMARTS) is 1. The number of anilines is 1. The molecule has 1 amide bonds. The second-order valence-electron chi connectivity index (χ2n) is 4.70. The Bertz CT molecular complexity index is 549. The number of nitrogens with two attached hydrogens (primary N) is 1. The second kappa shape index (κ2) is 5.68. The summed E-state index contributed by atoms with van der Waals surface area (Å²) in [6.45, 7) is 0.322. The van der Waals surface area contributed by atoms with E-state index in [9.17, 15) is 9.59 Å². The van der Waals surface area contributed by atoms with Crippen molar-refractivity contribution in [2.75, 3.05) is 26.0 Å². The summed E-state index contributed by atoms with van der Waals surface area (Å²) in [4.78, 5) is 24.8. The first kappa shape index (κ1) is 14.6. The van der Waals surface area contributed by atoms with Crippen LogP contribution in [0.1, 0.15) is 10.4 Å². The Hall–Kier alpha value is -1.79. The summed E-state index contributed by atoms with van der Waals surface area (Å²) in [7, 11) is 1.56. The molecule has 1 heterocycles. The smallest absolute Gasteiger partial charge is 0.311 e. The van der Waals surface area contributed by atoms with Crippen LogP contribution in [-0.4, -0.2) is 48.2 Å². The van der Waals surface area contributed by atoms with Crippen LogP contribution in [0.15, 0.2) is 18.2 Å². The molecule has 0 saturated carbocycles. The Balaban J connectivity index is 2.19. The lowest BCUT2D eigenvalue weighted by Crippen LogP contribution is -2.44. The van der Waals surface area contributed by atoms with Crippen LogP contribution in [-0.2, 0) is 9.53 Å². The van der Waals surface area contributed by atoms with Crippen molar-refractivity contribution in [3.05, 3.63) is 28.8 Å². The van der Waals surface area contributed by atoms with Gasteiger partial charge in [0.2, 0.25) is 0 Å². The third-order valence-corrected chi connectivity index (χ3v) is 3.77. The fourth-order valence-corrected chi connectivity index (χ4v) is 2.31. The number of carbonyl (C=O) groups is 2. The average molecular weight is 299 g/mol. The van der Waals surface area contributed by atoms with E-state index in [2.05, 4.69) is 0 Å². The Labute approximate surface area is 121 Å². The molecule has 1 aromatic carbocycles. The fourth-order valence-electron chi connectivity index (χ4n) is 2.19. The first-order chi connectivity index (χ1) is 9.41. The summed E-state index contributed by atoms with van der Waals surface area (Å²) in [5.74, 6) is -1.99. The number of aliphatic carboxylic acids is 1. The summed E-state index contributed by atoms with van der Waals surface area (Å²) < 4.78 is 5.16. The minimum Gasteiger partial charge on any atom is -0.481 e. The highest BCUT2D eigenvalue weighted by atomic mass is 35.5. The number of hydrogen-bond acceptors (Lipinski definition) is 4. The number of nitrogens with zero attached hydrogens (tertiary/aromatic N) is 1. The molecule has 3 N–H and O–H groups in total. The summed E-state index contributed by atoms with van der Waals surface area (Å²) in [5.41, 5.74) is 6.34. The number of amides is 1. The number of likely N-dealkylation sites (N-methyl/N-ethyl adjacent to an activating group) is 1. The molecule has 0 spiro atoms. The lowest BCUT2D eigenvalue weighted by Gasteiger charge is -2.26. The molecule has 2 atom stereocenters. The summed E-state index contributed by atoms with van der Waals surface area (Å²) in [6, 6.07) is 4.09. The van der Waals surface area contributed by atoms with Gasteiger partial charge in [-0.1, -0.05) is 11.6 Å². The summed E-state index contributed by atoms with van der Waals surface area (Å²) in [6.07, 6.45) is 0. The van der Waals surface area contributed by atoms with Gasteiger partial charge in [-0.05, 0) is 18.2 Å². The maximum atomic E-state index is 12.3. The predicted octanol–water partition coefficient (Wildman–Crippen LogP) is 1.09. The molecule has 6 nitrogen and oxygen atoms in total. The molecule has 1 aliphatic rings. The molecule has 1 aromatic rings. The first-order valence-electron chi connectivity index (χ1n) is 6.04. The minimum absolute atomic E-state index is 0.111. The van der Waals surface area contributed by atoms with Gasteiger partial charge < -0.3 is 20.5 Å². The van der Waals surface area contributed by atoms with Crippen LogP contribution in [0.5, 0.6) is 0 Å². The van der Waals surface area contributed by atoms with E-state index in [4.69, 9.17) is 27.2 Å². The van der Waals surface area contributed by atoms with Crippen molar-refractivity contribution in [1.29, 1.82) is 0 Å². The maximum absolute atomic E-state index is 12.3. The third-order valence-electron chi connectivity index (χ3n) is 3.43. The van der Waals surface area contributed by atoms with Crippen LogP contribution in [0.3, 0.4) is 0 Å². The van der Waals surface area contributed by atoms with Gasteiger partial charge in [-0.25, -0.2) is 0 Å². The monoisotopic (exact) mass is 298 g/mol. The van der Waals surface area contributed by atoms with Crippen molar-refractivity contribution in [2.24, 2.45) is 5.92 Å². The van der Waals surface area contributed by atoms with Crippen molar-refractivity contribution < 1.29 is 19.4 Å². The molecule has 2 unspecified atom stereocenters. The largest absolute Gasteiger partial charge is 0.481 e. The molecule has 20 heavy (non-hydrogen) atoms. The molecule has 1 saturated heterocycles. The number of ether oxygens (including phenoxy) is 1. The number of nitrogen functional groups attached to an aromatic ring is 1. The summed E-state index contributed by atoms with van der Waals surface area (Å²) in [5, 5.41) is 9.48. The molecule has 108 valence electrons. The van der Waals surface area contributed by atoms with Crippen LogP contribution in [0.25, 0.3) is 0 Å². The normalized spacial score (nSPS) is 21.7. The van der Waals surface area contributed by atoms with Crippen LogP contribution in [0, 0.1) is 5.92 Å². The lowest BCUT2D eigenvalue weighted by atomic mass is 10.0. The highest BCUT2D eigenvalue weighted by molar-refractivity contribution is 6.33. The van der Waals surface area contributed by atoms with Crippen molar-refractivity contribution in [3.8, 4) is 0 Å². The van der Waals surface area contributed by atoms with E-state index < -0.39 is 17.9 Å². The van der Waals surface area contributed by atoms with Crippen LogP contribution >= 0.6 is 11.6 Å². The molecule has 2 rings (SSSR count). The molecule has 1 fully saturated rings. The minimum atomic E-state index is -0.970. The van der Waals surface area contributed by atoms with Gasteiger partial charge in [0.15, 0.2) is 0 Å². The SMILES string of the molecule is CN(C(=O)c1ccc(Cl)c(N)c1)C1COCC1C(=O)O. The topological polar surface area (TPSA) is 92.9 Å². The van der Waals surface area contributed by atoms with Crippen molar-refractivity contribution in [2.45, 2.75) is 6.04 Å². The van der Waals surface area contributed by atoms with E-state index in [1.165, 1.54) is 17.0 Å². The van der Waals surface area contributed by atoms with E-state index in [-0.39, 0.29) is 19.1 Å². The number of carboxylic acids is 1. The number of carbonyl (C=O) groups excluding carboxylic acids is 1. The molecule has 0 aliphatic carbocycles. The number of hydrogen-bond donors (Lipinski definition) is 2. The maximum Gasteiger partial charge on any atom is 0.311 e. The van der Waals surface area contributed by atoms with Gasteiger partial charge >= 0.3 is 5.97 Å². The fraction of sp³-hybridized carbons (Fsp3) is 0.385. The average Bonchev–Trinajstić information content (AvgIpc) is 2.89. The molecule has 0 bridgehead atoms. The Morgan fingerprint density at radius 1 is 1.45 bits per heavy atom. The molecule has 7 heteroatoms. The lowest BCUT2D eigenvalue weighted by molar-refractivity contribution is -0.142. The second-order valence-corrected chi connectivity index (χ2v) is 5.11. The van der Waals surface area contributed by atoms with E-state index in [1.54, 1.807) is 13.1 Å². The van der Waals surface area contributed by atoms with Crippen molar-refractivity contribution in [1.82, 2.24) is 4.90 Å². The van der Waals surface area contributed by atoms with Crippen LogP contribution in [0.2, 0.25) is 5.02 Å². The van der Waals surface area contributed by atoms with E-state index in [1.807, 2.05) is 0 Å². The van der Waals surface area contributed by atoms with Gasteiger partial charge in [0, 0.05) is 12.6 Å². The molecular formula is C13H15ClN2O4. The Morgan fingerprint density at radius 3 is 2.75 bits per heavy atom. The number of halogens is 1. The first-order valence-corrected chi connectivity index (χ1v) is 6.42. The predicted molar refractivity (Wildman–Crippen MR) is 73.7 cm³/mol. The quantitative estimate of drug-likeness (QED) is 0.815. The molecule has 1 aliphatic heterocycles. The standard InChI is InChI=1S/C13H15ClN2O4/c1-16(11-6-20-5-8(11)13(18)19)12(17)7-2-3-9(14)10(15)4-7/h2-4,8,11H,5-6,15H2,1H3,(H,18,19). The Morgan fingerprint density at radius 2 is 2.15 bits per heavy atom. The zero-order chi connectivity index (χ0) is 14.9. The Kier molecular flexibility index (Phi) is 4.15. The molecular weight excluding hydrogens is 284 g/mol. The van der Waals surface area contributed by atoms with Crippen LogP contribution < -0.4 is 5.73 Å². The third kappa shape index (κ3) is 2.71. The van der Waals surface area contributed by atoms with E-state index in [0.29, 0.717) is 16.3 Å². The number of benzene rings is 1. The van der Waals surface area contributed by atoms with Gasteiger partial charge in [0.05, 0.1) is 30.0 Å². The van der Waals surface area contributed by atoms with Gasteiger partial charge in [-0.2, -0.15) is 0 Å². The van der Waals surface area contributed by atoms with Crippen LogP contribution in [0.4, 0.5) is 5.69 Å².